The molecule has 3 rings (SSSR count). The monoisotopic (exact) mass is 472 g/mol. The van der Waals surface area contributed by atoms with E-state index in [1.165, 1.54) is 12.4 Å². The number of benzene rings is 1. The van der Waals surface area contributed by atoms with Gasteiger partial charge < -0.3 is 21.4 Å². The largest absolute Gasteiger partial charge is 0.403 e. The predicted octanol–water partition coefficient (Wildman–Crippen LogP) is 2.31. The van der Waals surface area contributed by atoms with Crippen LogP contribution in [0.1, 0.15) is 25.5 Å². The number of allylic oxidation sites excluding steroid dienone is 1. The van der Waals surface area contributed by atoms with E-state index in [4.69, 9.17) is 17.4 Å². The molecule has 0 saturated carbocycles. The van der Waals surface area contributed by atoms with Gasteiger partial charge in [0.25, 0.3) is 0 Å². The van der Waals surface area contributed by atoms with Crippen LogP contribution in [0.25, 0.3) is 11.1 Å². The highest BCUT2D eigenvalue weighted by Crippen LogP contribution is 2.36. The first-order valence-corrected chi connectivity index (χ1v) is 11.3. The van der Waals surface area contributed by atoms with Gasteiger partial charge in [-0.25, -0.2) is 13.8 Å². The molecular formula is C24H34F2N8. The molecule has 1 aromatic carbocycles. The normalized spacial score (nSPS) is 16.5. The van der Waals surface area contributed by atoms with Gasteiger partial charge in [0.15, 0.2) is 11.6 Å². The second kappa shape index (κ2) is 11.9. The maximum Gasteiger partial charge on any atom is 0.183 e. The van der Waals surface area contributed by atoms with E-state index in [2.05, 4.69) is 29.2 Å². The van der Waals surface area contributed by atoms with Crippen molar-refractivity contribution < 1.29 is 8.78 Å². The fourth-order valence-corrected chi connectivity index (χ4v) is 4.14. The van der Waals surface area contributed by atoms with Crippen molar-refractivity contribution >= 4 is 5.69 Å². The number of hydrazine groups is 2. The molecular weight excluding hydrogens is 438 g/mol. The summed E-state index contributed by atoms with van der Waals surface area (Å²) < 4.78 is 30.2. The van der Waals surface area contributed by atoms with Gasteiger partial charge in [0.1, 0.15) is 0 Å². The van der Waals surface area contributed by atoms with Crippen molar-refractivity contribution in [2.24, 2.45) is 23.3 Å². The van der Waals surface area contributed by atoms with Crippen molar-refractivity contribution in [3.05, 3.63) is 72.0 Å². The second-order valence-electron chi connectivity index (χ2n) is 8.48. The summed E-state index contributed by atoms with van der Waals surface area (Å²) in [4.78, 5) is 6.09. The first-order valence-electron chi connectivity index (χ1n) is 11.3. The number of hydrogen-bond acceptors (Lipinski definition) is 8. The summed E-state index contributed by atoms with van der Waals surface area (Å²) in [5.41, 5.74) is 10.9. The lowest BCUT2D eigenvalue weighted by atomic mass is 10.1. The van der Waals surface area contributed by atoms with Crippen LogP contribution in [0.2, 0.25) is 0 Å². The molecule has 1 aliphatic rings. The average Bonchev–Trinajstić information content (AvgIpc) is 3.18. The molecule has 0 radical (unpaired) electrons. The van der Waals surface area contributed by atoms with Gasteiger partial charge in [0.05, 0.1) is 17.1 Å². The zero-order valence-corrected chi connectivity index (χ0v) is 19.5. The standard InChI is InChI=1S/C24H34F2N8/c1-3-8-33(29)14-17-9-16(2)34(15-17)22-7-6-21(23(25)24(22)26)18-4-5-19(31-11-18)12-30-13-20(10-27)32-28/h4-7,10-11,17,30,32H,2-3,8-9,12-15,27-29H2,1H3/b20-10-. The zero-order valence-electron chi connectivity index (χ0n) is 19.5. The Hall–Kier alpha value is -3.05. The molecule has 184 valence electrons. The quantitative estimate of drug-likeness (QED) is 0.250. The van der Waals surface area contributed by atoms with E-state index < -0.39 is 11.6 Å². The fourth-order valence-electron chi connectivity index (χ4n) is 4.14. The molecule has 1 unspecified atom stereocenters. The number of nitrogens with zero attached hydrogens (tertiary/aromatic N) is 3. The van der Waals surface area contributed by atoms with Crippen LogP contribution in [0.15, 0.2) is 54.6 Å². The Morgan fingerprint density at radius 3 is 2.74 bits per heavy atom. The number of anilines is 1. The van der Waals surface area contributed by atoms with E-state index in [0.29, 0.717) is 43.9 Å². The van der Waals surface area contributed by atoms with Gasteiger partial charge in [-0.15, -0.1) is 0 Å². The summed E-state index contributed by atoms with van der Waals surface area (Å²) in [5, 5.41) is 4.91. The lowest BCUT2D eigenvalue weighted by molar-refractivity contribution is 0.245. The third-order valence-electron chi connectivity index (χ3n) is 5.85. The third-order valence-corrected chi connectivity index (χ3v) is 5.85. The summed E-state index contributed by atoms with van der Waals surface area (Å²) >= 11 is 0. The van der Waals surface area contributed by atoms with E-state index in [9.17, 15) is 0 Å². The van der Waals surface area contributed by atoms with Crippen molar-refractivity contribution in [3.63, 3.8) is 0 Å². The van der Waals surface area contributed by atoms with Crippen LogP contribution < -0.4 is 33.1 Å². The van der Waals surface area contributed by atoms with Gasteiger partial charge in [-0.3, -0.25) is 16.7 Å². The van der Waals surface area contributed by atoms with E-state index in [-0.39, 0.29) is 17.2 Å². The topological polar surface area (TPSA) is 121 Å². The Kier molecular flexibility index (Phi) is 8.94. The van der Waals surface area contributed by atoms with Gasteiger partial charge >= 0.3 is 0 Å². The Balaban J connectivity index is 1.69. The molecule has 1 saturated heterocycles. The minimum absolute atomic E-state index is 0.159. The molecule has 34 heavy (non-hydrogen) atoms. The van der Waals surface area contributed by atoms with Crippen molar-refractivity contribution in [1.29, 1.82) is 0 Å². The highest BCUT2D eigenvalue weighted by molar-refractivity contribution is 5.68. The highest BCUT2D eigenvalue weighted by Gasteiger charge is 2.30. The minimum Gasteiger partial charge on any atom is -0.403 e. The molecule has 1 aliphatic heterocycles. The van der Waals surface area contributed by atoms with Crippen LogP contribution in [0.3, 0.4) is 0 Å². The number of hydrogen-bond donors (Lipinski definition) is 5. The van der Waals surface area contributed by atoms with Crippen LogP contribution in [-0.2, 0) is 6.54 Å². The Labute approximate surface area is 199 Å². The Morgan fingerprint density at radius 1 is 1.29 bits per heavy atom. The number of nitrogens with two attached hydrogens (primary N) is 3. The molecule has 8 N–H and O–H groups in total. The smallest absolute Gasteiger partial charge is 0.183 e. The number of aromatic nitrogens is 1. The lowest BCUT2D eigenvalue weighted by Gasteiger charge is -2.23. The average molecular weight is 473 g/mol. The summed E-state index contributed by atoms with van der Waals surface area (Å²) in [7, 11) is 0. The van der Waals surface area contributed by atoms with Gasteiger partial charge in [0, 0.05) is 61.9 Å². The number of pyridine rings is 1. The first-order chi connectivity index (χ1) is 16.4. The maximum atomic E-state index is 15.1. The molecule has 0 amide bonds. The predicted molar refractivity (Wildman–Crippen MR) is 132 cm³/mol. The number of rotatable bonds is 11. The highest BCUT2D eigenvalue weighted by atomic mass is 19.2. The van der Waals surface area contributed by atoms with Crippen LogP contribution in [-0.4, -0.2) is 36.2 Å². The van der Waals surface area contributed by atoms with E-state index in [1.54, 1.807) is 34.2 Å². The van der Waals surface area contributed by atoms with Crippen molar-refractivity contribution in [2.75, 3.05) is 31.1 Å². The zero-order chi connectivity index (χ0) is 24.7. The SMILES string of the molecule is C=C1CC(CN(N)CCC)CN1c1ccc(-c2ccc(CNC/C(=C/N)NN)nc2)c(F)c1F. The van der Waals surface area contributed by atoms with Crippen molar-refractivity contribution in [3.8, 4) is 11.1 Å². The van der Waals surface area contributed by atoms with E-state index >= 15 is 8.78 Å². The summed E-state index contributed by atoms with van der Waals surface area (Å²) in [5.74, 6) is 9.78. The Morgan fingerprint density at radius 2 is 2.09 bits per heavy atom. The van der Waals surface area contributed by atoms with Crippen molar-refractivity contribution in [2.45, 2.75) is 26.3 Å². The summed E-state index contributed by atoms with van der Waals surface area (Å²) in [6.07, 6.45) is 4.56. The third kappa shape index (κ3) is 6.09. The molecule has 8 nitrogen and oxygen atoms in total. The molecule has 10 heteroatoms. The van der Waals surface area contributed by atoms with Gasteiger partial charge in [0.2, 0.25) is 0 Å². The van der Waals surface area contributed by atoms with Crippen LogP contribution in [0.4, 0.5) is 14.5 Å². The summed E-state index contributed by atoms with van der Waals surface area (Å²) in [6, 6.07) is 6.66. The van der Waals surface area contributed by atoms with Crippen LogP contribution in [0.5, 0.6) is 0 Å². The molecule has 1 fully saturated rings. The molecule has 0 aliphatic carbocycles. The van der Waals surface area contributed by atoms with Crippen molar-refractivity contribution in [1.82, 2.24) is 20.7 Å². The van der Waals surface area contributed by atoms with Gasteiger partial charge in [-0.1, -0.05) is 19.6 Å². The first kappa shape index (κ1) is 25.6. The number of halogens is 2. The number of nitrogens with one attached hydrogen (secondary N) is 2. The molecule has 0 spiro atoms. The van der Waals surface area contributed by atoms with Gasteiger partial charge in [-0.05, 0) is 37.0 Å². The fraction of sp³-hybridized carbons (Fsp3) is 0.375. The molecule has 2 heterocycles. The minimum atomic E-state index is -0.903. The van der Waals surface area contributed by atoms with Gasteiger partial charge in [-0.2, -0.15) is 0 Å². The summed E-state index contributed by atoms with van der Waals surface area (Å²) in [6.45, 7) is 9.07. The molecule has 2 aromatic rings. The molecule has 0 bridgehead atoms. The Bertz CT molecular complexity index is 1010. The second-order valence-corrected chi connectivity index (χ2v) is 8.48. The molecule has 1 atom stereocenters. The van der Waals surface area contributed by atoms with Crippen LogP contribution in [0, 0.1) is 17.6 Å². The molecule has 1 aromatic heterocycles. The van der Waals surface area contributed by atoms with Crippen LogP contribution >= 0.6 is 0 Å². The van der Waals surface area contributed by atoms with E-state index in [1.807, 2.05) is 0 Å². The maximum absolute atomic E-state index is 15.1. The lowest BCUT2D eigenvalue weighted by Crippen LogP contribution is -2.37. The van der Waals surface area contributed by atoms with E-state index in [0.717, 1.165) is 24.4 Å².